The fourth-order valence-electron chi connectivity index (χ4n) is 22.3. The molecule has 0 bridgehead atoms. The Bertz CT molecular complexity index is 2620. The second-order valence-electron chi connectivity index (χ2n) is 33.8. The summed E-state index contributed by atoms with van der Waals surface area (Å²) in [5, 5.41) is 40.5. The largest absolute Gasteiger partial charge is 0.449 e. The van der Waals surface area contributed by atoms with E-state index in [0.29, 0.717) is 116 Å². The van der Waals surface area contributed by atoms with Gasteiger partial charge in [-0.2, -0.15) is 0 Å². The van der Waals surface area contributed by atoms with Gasteiger partial charge < -0.3 is 39.0 Å². The van der Waals surface area contributed by atoms with Gasteiger partial charge in [0, 0.05) is 18.5 Å². The first-order chi connectivity index (χ1) is 42.6. The van der Waals surface area contributed by atoms with Crippen LogP contribution >= 0.6 is 0 Å². The monoisotopic (exact) mass is 1250 g/mol. The van der Waals surface area contributed by atoms with E-state index in [1.165, 1.54) is 68.9 Å². The molecule has 2 aromatic rings. The summed E-state index contributed by atoms with van der Waals surface area (Å²) >= 11 is 0. The van der Waals surface area contributed by atoms with Crippen LogP contribution in [0.15, 0.2) is 48.5 Å². The predicted octanol–water partition coefficient (Wildman–Crippen LogP) is 17.8. The molecule has 10 rings (SSSR count). The lowest BCUT2D eigenvalue weighted by Crippen LogP contribution is -2.62. The Morgan fingerprint density at radius 3 is 1.37 bits per heavy atom. The summed E-state index contributed by atoms with van der Waals surface area (Å²) in [7, 11) is 1.69. The summed E-state index contributed by atoms with van der Waals surface area (Å²) < 4.78 is 28.1. The standard InChI is InChI=1S/C41H67NO6.C37H59NO4/c1-9-31-35-25-30(48-26-46-24-23-45-8)18-20-41(35,7)34-19-21-40(6)32(16-17-33(40)36(34)37(31)43)27(2)11-10-22-47-38(44)42-29-14-12-28(13-15-29)39(3,4)5;1-8-27-31-22-26(39)17-19-37(31,7)30-18-20-36(6)28(15-16-29(36)32(30)33(27)40)23(2)10-9-21-42-34(41)38-25-13-11-24(12-14-25)35(3,4)5/h12-15,27,30-37,43H,9-11,16-26H2,1-8H3,(H,42,44);11-14,23,26-33,39-40H,8-10,15-22H2,1-7H3,(H,38,41)/t27-,30-,31-,32-,33+,34+,35+,36+,37-,40-,41-;23-,26-,27-,28-,29+,30+,31+,32+,33-,36-,37-/m11/s1. The average molecular weight is 1250 g/mol. The van der Waals surface area contributed by atoms with Crippen molar-refractivity contribution in [1.29, 1.82) is 0 Å². The van der Waals surface area contributed by atoms with Gasteiger partial charge in [0.2, 0.25) is 0 Å². The minimum Gasteiger partial charge on any atom is -0.449 e. The van der Waals surface area contributed by atoms with Crippen LogP contribution in [0.5, 0.6) is 0 Å². The fraction of sp³-hybridized carbons (Fsp3) is 0.821. The Hall–Kier alpha value is -3.26. The van der Waals surface area contributed by atoms with E-state index in [2.05, 4.69) is 132 Å². The molecule has 5 N–H and O–H groups in total. The Labute approximate surface area is 545 Å². The molecule has 0 radical (unpaired) electrons. The number of benzene rings is 2. The normalized spacial score (nSPS) is 38.5. The number of nitrogens with one attached hydrogen (secondary N) is 2. The van der Waals surface area contributed by atoms with Gasteiger partial charge in [0.15, 0.2) is 0 Å². The van der Waals surface area contributed by atoms with Crippen LogP contribution < -0.4 is 10.6 Å². The molecule has 0 spiro atoms. The van der Waals surface area contributed by atoms with Crippen LogP contribution in [0.1, 0.15) is 236 Å². The molecule has 90 heavy (non-hydrogen) atoms. The molecule has 0 aliphatic heterocycles. The van der Waals surface area contributed by atoms with E-state index in [9.17, 15) is 24.9 Å². The third-order valence-electron chi connectivity index (χ3n) is 27.2. The zero-order valence-electron chi connectivity index (χ0n) is 58.9. The van der Waals surface area contributed by atoms with Gasteiger partial charge in [0.05, 0.1) is 50.8 Å². The van der Waals surface area contributed by atoms with Crippen LogP contribution in [-0.2, 0) is 34.5 Å². The zero-order valence-corrected chi connectivity index (χ0v) is 58.9. The highest BCUT2D eigenvalue weighted by Crippen LogP contribution is 2.72. The van der Waals surface area contributed by atoms with E-state index in [4.69, 9.17) is 23.7 Å². The minimum atomic E-state index is -0.379. The highest BCUT2D eigenvalue weighted by molar-refractivity contribution is 5.85. The van der Waals surface area contributed by atoms with Crippen LogP contribution in [-0.4, -0.2) is 92.3 Å². The van der Waals surface area contributed by atoms with Crippen molar-refractivity contribution in [2.75, 3.05) is 51.0 Å². The number of fused-ring (bicyclic) bond motifs is 10. The Morgan fingerprint density at radius 1 is 0.533 bits per heavy atom. The molecule has 8 saturated carbocycles. The van der Waals surface area contributed by atoms with Gasteiger partial charge >= 0.3 is 12.2 Å². The summed E-state index contributed by atoms with van der Waals surface area (Å²) in [6.07, 6.45) is 20.9. The van der Waals surface area contributed by atoms with Crippen molar-refractivity contribution in [2.24, 2.45) is 105 Å². The van der Waals surface area contributed by atoms with Crippen molar-refractivity contribution in [3.05, 3.63) is 59.7 Å². The maximum absolute atomic E-state index is 12.5. The van der Waals surface area contributed by atoms with Crippen LogP contribution in [0.25, 0.3) is 0 Å². The van der Waals surface area contributed by atoms with E-state index < -0.39 is 0 Å². The maximum atomic E-state index is 12.5. The van der Waals surface area contributed by atoms with Gasteiger partial charge in [0.25, 0.3) is 0 Å². The number of carbonyl (C=O) groups excluding carboxylic acids is 2. The Balaban J connectivity index is 0.000000215. The molecule has 0 heterocycles. The number of aliphatic hydroxyl groups excluding tert-OH is 3. The molecule has 0 saturated heterocycles. The molecule has 8 aliphatic rings. The summed E-state index contributed by atoms with van der Waals surface area (Å²) in [6, 6.07) is 16.0. The van der Waals surface area contributed by atoms with Crippen molar-refractivity contribution in [1.82, 2.24) is 0 Å². The molecule has 0 unspecified atom stereocenters. The third-order valence-corrected chi connectivity index (χ3v) is 27.2. The first kappa shape index (κ1) is 71.0. The van der Waals surface area contributed by atoms with Gasteiger partial charge in [-0.05, 0) is 266 Å². The summed E-state index contributed by atoms with van der Waals surface area (Å²) in [5.41, 5.74) is 5.22. The lowest BCUT2D eigenvalue weighted by molar-refractivity contribution is -0.213. The first-order valence-electron chi connectivity index (χ1n) is 36.4. The average Bonchev–Trinajstić information content (AvgIpc) is 1.23. The van der Waals surface area contributed by atoms with Gasteiger partial charge in [-0.3, -0.25) is 10.6 Å². The SMILES string of the molecule is CC[C@H]1[C@@H](O)[C@@H]2[C@H](CC[C@]3(C)[C@@H]([C@H](C)CCCOC(=O)Nc4ccc(C(C)(C)C)cc4)CC[C@@H]23)[C@@]2(C)CC[C@@H](O)C[C@@H]12.CC[C@H]1[C@@H](O)[C@@H]2[C@H](CC[C@]3(C)[C@@H]([C@H](C)CCCOC(=O)Nc4ccc(C(C)(C)C)cc4)CC[C@@H]23)[C@@]2(C)CC[C@@H](OCOCCOC)C[C@@H]12. The Kier molecular flexibility index (Phi) is 23.2. The van der Waals surface area contributed by atoms with E-state index >= 15 is 0 Å². The molecule has 8 aliphatic carbocycles. The lowest BCUT2D eigenvalue weighted by Gasteiger charge is -2.65. The number of hydrogen-bond acceptors (Lipinski definition) is 10. The van der Waals surface area contributed by atoms with Crippen molar-refractivity contribution >= 4 is 23.6 Å². The summed E-state index contributed by atoms with van der Waals surface area (Å²) in [4.78, 5) is 24.9. The number of amides is 2. The Morgan fingerprint density at radius 2 is 0.944 bits per heavy atom. The molecule has 22 atom stereocenters. The van der Waals surface area contributed by atoms with E-state index in [-0.39, 0.29) is 69.1 Å². The van der Waals surface area contributed by atoms with Crippen molar-refractivity contribution in [2.45, 2.75) is 261 Å². The van der Waals surface area contributed by atoms with E-state index in [0.717, 1.165) is 82.0 Å². The molecule has 508 valence electrons. The van der Waals surface area contributed by atoms with Crippen molar-refractivity contribution in [3.63, 3.8) is 0 Å². The van der Waals surface area contributed by atoms with Crippen LogP contribution in [0, 0.1) is 105 Å². The number of carbonyl (C=O) groups is 2. The van der Waals surface area contributed by atoms with Crippen LogP contribution in [0.3, 0.4) is 0 Å². The molecule has 12 heteroatoms. The molecule has 8 fully saturated rings. The zero-order chi connectivity index (χ0) is 65.1. The topological polar surface area (TPSA) is 165 Å². The fourth-order valence-corrected chi connectivity index (χ4v) is 22.3. The van der Waals surface area contributed by atoms with Gasteiger partial charge in [0.1, 0.15) is 6.79 Å². The van der Waals surface area contributed by atoms with Gasteiger partial charge in [-0.25, -0.2) is 9.59 Å². The summed E-state index contributed by atoms with van der Waals surface area (Å²) in [5.74, 6) is 7.16. The predicted molar refractivity (Wildman–Crippen MR) is 362 cm³/mol. The smallest absolute Gasteiger partial charge is 0.411 e. The molecule has 2 amide bonds. The number of hydrogen-bond donors (Lipinski definition) is 5. The second kappa shape index (κ2) is 29.4. The maximum Gasteiger partial charge on any atom is 0.411 e. The van der Waals surface area contributed by atoms with E-state index in [1.54, 1.807) is 7.11 Å². The number of aliphatic hydroxyl groups is 3. The highest BCUT2D eigenvalue weighted by atomic mass is 16.7. The molecule has 0 aromatic heterocycles. The molecule has 2 aromatic carbocycles. The lowest BCUT2D eigenvalue weighted by atomic mass is 9.41. The minimum absolute atomic E-state index is 0.0800. The number of methoxy groups -OCH3 is 1. The van der Waals surface area contributed by atoms with Gasteiger partial charge in [-0.1, -0.05) is 134 Å². The van der Waals surface area contributed by atoms with E-state index in [1.807, 2.05) is 24.3 Å². The number of anilines is 2. The second-order valence-corrected chi connectivity index (χ2v) is 33.8. The van der Waals surface area contributed by atoms with Crippen molar-refractivity contribution in [3.8, 4) is 0 Å². The third kappa shape index (κ3) is 14.9. The van der Waals surface area contributed by atoms with Crippen LogP contribution in [0.2, 0.25) is 0 Å². The first-order valence-corrected chi connectivity index (χ1v) is 36.4. The molecular formula is C78H126N2O10. The highest BCUT2D eigenvalue weighted by Gasteiger charge is 2.67. The molecular weight excluding hydrogens is 1120 g/mol. The number of ether oxygens (including phenoxy) is 5. The van der Waals surface area contributed by atoms with Gasteiger partial charge in [-0.15, -0.1) is 0 Å². The quantitative estimate of drug-likeness (QED) is 0.0637. The summed E-state index contributed by atoms with van der Waals surface area (Å²) in [6.45, 7) is 35.0. The van der Waals surface area contributed by atoms with Crippen molar-refractivity contribution < 1.29 is 48.6 Å². The van der Waals surface area contributed by atoms with Crippen LogP contribution in [0.4, 0.5) is 21.0 Å². The number of rotatable bonds is 20. The molecule has 12 nitrogen and oxygen atoms in total.